The Kier molecular flexibility index (Phi) is 4.24. The number of hydrogen-bond donors (Lipinski definition) is 1. The molecule has 0 saturated carbocycles. The van der Waals surface area contributed by atoms with Gasteiger partial charge in [0, 0.05) is 23.0 Å². The highest BCUT2D eigenvalue weighted by Gasteiger charge is 2.16. The molecule has 1 aliphatic heterocycles. The molecule has 1 N–H and O–H groups in total. The lowest BCUT2D eigenvalue weighted by Gasteiger charge is -2.10. The summed E-state index contributed by atoms with van der Waals surface area (Å²) < 4.78 is 6.82. The highest BCUT2D eigenvalue weighted by atomic mass is 79.9. The van der Waals surface area contributed by atoms with Gasteiger partial charge >= 0.3 is 0 Å². The van der Waals surface area contributed by atoms with E-state index < -0.39 is 0 Å². The van der Waals surface area contributed by atoms with Gasteiger partial charge in [-0.05, 0) is 37.6 Å². The van der Waals surface area contributed by atoms with Crippen LogP contribution in [0.4, 0.5) is 0 Å². The van der Waals surface area contributed by atoms with Gasteiger partial charge in [-0.2, -0.15) is 0 Å². The van der Waals surface area contributed by atoms with Crippen LogP contribution in [0.25, 0.3) is 0 Å². The van der Waals surface area contributed by atoms with E-state index in [-0.39, 0.29) is 0 Å². The van der Waals surface area contributed by atoms with Gasteiger partial charge in [0.25, 0.3) is 0 Å². The van der Waals surface area contributed by atoms with Crippen molar-refractivity contribution in [1.29, 1.82) is 0 Å². The van der Waals surface area contributed by atoms with Gasteiger partial charge in [-0.25, -0.2) is 0 Å². The van der Waals surface area contributed by atoms with Gasteiger partial charge in [0.05, 0.1) is 6.61 Å². The van der Waals surface area contributed by atoms with Crippen molar-refractivity contribution in [3.63, 3.8) is 0 Å². The van der Waals surface area contributed by atoms with E-state index in [0.29, 0.717) is 0 Å². The van der Waals surface area contributed by atoms with Crippen LogP contribution >= 0.6 is 15.9 Å². The van der Waals surface area contributed by atoms with E-state index in [9.17, 15) is 0 Å². The molecule has 1 aromatic carbocycles. The molecule has 0 unspecified atom stereocenters. The predicted octanol–water partition coefficient (Wildman–Crippen LogP) is 3.44. The molecule has 92 valence electrons. The van der Waals surface area contributed by atoms with Crippen LogP contribution in [-0.2, 0) is 13.0 Å². The molecule has 3 heteroatoms. The molecule has 0 radical (unpaired) electrons. The standard InChI is InChI=1S/C14H18BrNO/c1-10(2)3-5-16-9-12-8-13(15)7-11-4-6-17-14(11)12/h7-8,16H,1,3-6,9H2,2H3. The Balaban J connectivity index is 1.98. The van der Waals surface area contributed by atoms with E-state index in [1.165, 1.54) is 16.7 Å². The van der Waals surface area contributed by atoms with Crippen LogP contribution in [0.15, 0.2) is 28.8 Å². The molecule has 1 heterocycles. The maximum absolute atomic E-state index is 5.68. The molecule has 2 nitrogen and oxygen atoms in total. The number of benzene rings is 1. The van der Waals surface area contributed by atoms with E-state index in [2.05, 4.69) is 46.9 Å². The highest BCUT2D eigenvalue weighted by molar-refractivity contribution is 9.10. The molecule has 0 fully saturated rings. The smallest absolute Gasteiger partial charge is 0.127 e. The molecule has 0 aliphatic carbocycles. The second kappa shape index (κ2) is 5.69. The number of halogens is 1. The average Bonchev–Trinajstić information content (AvgIpc) is 2.71. The van der Waals surface area contributed by atoms with Gasteiger partial charge in [0.15, 0.2) is 0 Å². The molecule has 17 heavy (non-hydrogen) atoms. The van der Waals surface area contributed by atoms with E-state index in [1.807, 2.05) is 0 Å². The Hall–Kier alpha value is -0.800. The fourth-order valence-corrected chi connectivity index (χ4v) is 2.55. The zero-order valence-electron chi connectivity index (χ0n) is 10.2. The summed E-state index contributed by atoms with van der Waals surface area (Å²) in [5.74, 6) is 1.08. The minimum absolute atomic E-state index is 0.810. The van der Waals surface area contributed by atoms with E-state index in [1.54, 1.807) is 0 Å². The predicted molar refractivity (Wildman–Crippen MR) is 74.5 cm³/mol. The first-order valence-electron chi connectivity index (χ1n) is 5.96. The number of ether oxygens (including phenoxy) is 1. The van der Waals surface area contributed by atoms with Crippen LogP contribution in [0.1, 0.15) is 24.5 Å². The van der Waals surface area contributed by atoms with E-state index in [0.717, 1.165) is 42.8 Å². The van der Waals surface area contributed by atoms with Crippen LogP contribution in [0.5, 0.6) is 5.75 Å². The minimum Gasteiger partial charge on any atom is -0.493 e. The third kappa shape index (κ3) is 3.33. The number of hydrogen-bond acceptors (Lipinski definition) is 2. The lowest BCUT2D eigenvalue weighted by Crippen LogP contribution is -2.15. The summed E-state index contributed by atoms with van der Waals surface area (Å²) >= 11 is 3.55. The topological polar surface area (TPSA) is 21.3 Å². The Morgan fingerprint density at radius 2 is 2.35 bits per heavy atom. The van der Waals surface area contributed by atoms with Crippen molar-refractivity contribution in [1.82, 2.24) is 5.32 Å². The lowest BCUT2D eigenvalue weighted by atomic mass is 10.1. The largest absolute Gasteiger partial charge is 0.493 e. The Morgan fingerprint density at radius 3 is 3.12 bits per heavy atom. The van der Waals surface area contributed by atoms with Gasteiger partial charge < -0.3 is 10.1 Å². The van der Waals surface area contributed by atoms with Crippen molar-refractivity contribution in [3.05, 3.63) is 39.9 Å². The highest BCUT2D eigenvalue weighted by Crippen LogP contribution is 2.32. The molecular formula is C14H18BrNO. The molecule has 0 spiro atoms. The summed E-state index contributed by atoms with van der Waals surface area (Å²) in [7, 11) is 0. The van der Waals surface area contributed by atoms with Crippen LogP contribution in [0.2, 0.25) is 0 Å². The first-order valence-corrected chi connectivity index (χ1v) is 6.75. The molecule has 0 saturated heterocycles. The molecule has 0 bridgehead atoms. The van der Waals surface area contributed by atoms with Gasteiger partial charge in [-0.1, -0.05) is 21.5 Å². The van der Waals surface area contributed by atoms with Crippen LogP contribution < -0.4 is 10.1 Å². The van der Waals surface area contributed by atoms with Gasteiger partial charge in [-0.3, -0.25) is 0 Å². The maximum Gasteiger partial charge on any atom is 0.127 e. The zero-order chi connectivity index (χ0) is 12.3. The fourth-order valence-electron chi connectivity index (χ4n) is 2.00. The second-order valence-corrected chi connectivity index (χ2v) is 5.45. The monoisotopic (exact) mass is 295 g/mol. The third-order valence-corrected chi connectivity index (χ3v) is 3.33. The van der Waals surface area contributed by atoms with Crippen molar-refractivity contribution in [2.75, 3.05) is 13.2 Å². The van der Waals surface area contributed by atoms with Crippen molar-refractivity contribution < 1.29 is 4.74 Å². The lowest BCUT2D eigenvalue weighted by molar-refractivity contribution is 0.352. The van der Waals surface area contributed by atoms with Crippen molar-refractivity contribution in [3.8, 4) is 5.75 Å². The van der Waals surface area contributed by atoms with E-state index in [4.69, 9.17) is 4.74 Å². The molecule has 1 aliphatic rings. The second-order valence-electron chi connectivity index (χ2n) is 4.54. The number of fused-ring (bicyclic) bond motifs is 1. The summed E-state index contributed by atoms with van der Waals surface area (Å²) in [5.41, 5.74) is 3.78. The number of rotatable bonds is 5. The van der Waals surface area contributed by atoms with Crippen LogP contribution in [-0.4, -0.2) is 13.2 Å². The van der Waals surface area contributed by atoms with E-state index >= 15 is 0 Å². The average molecular weight is 296 g/mol. The molecule has 0 amide bonds. The van der Waals surface area contributed by atoms with Crippen molar-refractivity contribution >= 4 is 15.9 Å². The fraction of sp³-hybridized carbons (Fsp3) is 0.429. The summed E-state index contributed by atoms with van der Waals surface area (Å²) in [6.07, 6.45) is 2.05. The normalized spacial score (nSPS) is 13.3. The zero-order valence-corrected chi connectivity index (χ0v) is 11.8. The Morgan fingerprint density at radius 1 is 1.53 bits per heavy atom. The van der Waals surface area contributed by atoms with Gasteiger partial charge in [0.2, 0.25) is 0 Å². The van der Waals surface area contributed by atoms with Crippen molar-refractivity contribution in [2.45, 2.75) is 26.3 Å². The Bertz CT molecular complexity index is 428. The maximum atomic E-state index is 5.68. The summed E-state index contributed by atoms with van der Waals surface area (Å²) in [6.45, 7) is 8.59. The summed E-state index contributed by atoms with van der Waals surface area (Å²) in [6, 6.07) is 4.29. The van der Waals surface area contributed by atoms with Gasteiger partial charge in [0.1, 0.15) is 5.75 Å². The Labute approximate surface area is 111 Å². The van der Waals surface area contributed by atoms with Crippen LogP contribution in [0.3, 0.4) is 0 Å². The quantitative estimate of drug-likeness (QED) is 0.664. The number of nitrogens with one attached hydrogen (secondary N) is 1. The molecule has 2 rings (SSSR count). The summed E-state index contributed by atoms with van der Waals surface area (Å²) in [4.78, 5) is 0. The van der Waals surface area contributed by atoms with Crippen molar-refractivity contribution in [2.24, 2.45) is 0 Å². The molecule has 1 aromatic rings. The first kappa shape index (κ1) is 12.7. The van der Waals surface area contributed by atoms with Gasteiger partial charge in [-0.15, -0.1) is 6.58 Å². The first-order chi connectivity index (χ1) is 8.16. The SMILES string of the molecule is C=C(C)CCNCc1cc(Br)cc2c1OCC2. The molecule has 0 atom stereocenters. The minimum atomic E-state index is 0.810. The molecular weight excluding hydrogens is 278 g/mol. The third-order valence-electron chi connectivity index (χ3n) is 2.87. The van der Waals surface area contributed by atoms with Crippen LogP contribution in [0, 0.1) is 0 Å². The molecule has 0 aromatic heterocycles. The summed E-state index contributed by atoms with van der Waals surface area (Å²) in [5, 5.41) is 3.43.